The Morgan fingerprint density at radius 2 is 1.39 bits per heavy atom. The van der Waals surface area contributed by atoms with Crippen LogP contribution in [0.4, 0.5) is 0 Å². The van der Waals surface area contributed by atoms with Gasteiger partial charge in [0.05, 0.1) is 4.44 Å². The van der Waals surface area contributed by atoms with Gasteiger partial charge in [-0.15, -0.1) is 23.6 Å². The van der Waals surface area contributed by atoms with Gasteiger partial charge in [-0.2, -0.15) is 0 Å². The van der Waals surface area contributed by atoms with Gasteiger partial charge in [0.15, 0.2) is 0 Å². The minimum atomic E-state index is -1.64. The van der Waals surface area contributed by atoms with Crippen molar-refractivity contribution in [1.82, 2.24) is 0 Å². The Balaban J connectivity index is 1.94. The highest BCUT2D eigenvalue weighted by Crippen LogP contribution is 2.66. The van der Waals surface area contributed by atoms with E-state index in [1.54, 1.807) is 0 Å². The Morgan fingerprint density at radius 3 is 1.94 bits per heavy atom. The summed E-state index contributed by atoms with van der Waals surface area (Å²) in [7, 11) is 0. The summed E-state index contributed by atoms with van der Waals surface area (Å²) < 4.78 is -1.64. The molecule has 2 aromatic rings. The topological polar surface area (TPSA) is 0 Å². The number of thiol groups is 1. The molecule has 4 heteroatoms. The van der Waals surface area contributed by atoms with Crippen LogP contribution in [0.25, 0.3) is 0 Å². The van der Waals surface area contributed by atoms with E-state index < -0.39 is 4.44 Å². The summed E-state index contributed by atoms with van der Waals surface area (Å²) >= 11 is 12.2. The Labute approximate surface area is 123 Å². The monoisotopic (exact) mass is 310 g/mol. The van der Waals surface area contributed by atoms with E-state index >= 15 is 0 Å². The highest BCUT2D eigenvalue weighted by atomic mass is 33.2. The number of hydrogen-bond acceptors (Lipinski definition) is 2. The van der Waals surface area contributed by atoms with Crippen LogP contribution in [0.15, 0.2) is 60.7 Å². The highest BCUT2D eigenvalue weighted by molar-refractivity contribution is 8.96. The summed E-state index contributed by atoms with van der Waals surface area (Å²) in [4.78, 5) is 0. The number of benzene rings is 2. The second-order valence-corrected chi connectivity index (χ2v) is 15.1. The van der Waals surface area contributed by atoms with E-state index in [1.807, 2.05) is 23.5 Å². The Morgan fingerprint density at radius 1 is 0.889 bits per heavy atom. The van der Waals surface area contributed by atoms with E-state index in [1.165, 1.54) is 11.1 Å². The van der Waals surface area contributed by atoms with Crippen LogP contribution in [-0.2, 0) is 23.7 Å². The van der Waals surface area contributed by atoms with Gasteiger partial charge in [-0.05, 0) is 11.1 Å². The van der Waals surface area contributed by atoms with Gasteiger partial charge in [-0.25, -0.2) is 0 Å². The molecule has 94 valence electrons. The lowest BCUT2D eigenvalue weighted by Gasteiger charge is -2.15. The van der Waals surface area contributed by atoms with Gasteiger partial charge in [-0.3, -0.25) is 0 Å². The largest absolute Gasteiger partial charge is 0.131 e. The van der Waals surface area contributed by atoms with Gasteiger partial charge in [0.1, 0.15) is 0 Å². The number of hydrogen-bond donors (Lipinski definition) is 1. The molecule has 2 rings (SSSR count). The molecule has 0 nitrogen and oxygen atoms in total. The molecule has 0 bridgehead atoms. The zero-order chi connectivity index (χ0) is 12.8. The molecule has 0 saturated heterocycles. The maximum atomic E-state index is 5.66. The predicted molar refractivity (Wildman–Crippen MR) is 91.2 cm³/mol. The summed E-state index contributed by atoms with van der Waals surface area (Å²) in [5, 5.41) is 0. The quantitative estimate of drug-likeness (QED) is 0.583. The lowest BCUT2D eigenvalue weighted by atomic mass is 10.2. The molecule has 0 N–H and O–H groups in total. The molecule has 0 amide bonds. The Bertz CT molecular complexity index is 525. The normalized spacial score (nSPS) is 14.1. The van der Waals surface area contributed by atoms with Crippen LogP contribution in [0.5, 0.6) is 0 Å². The first-order valence-corrected chi connectivity index (χ1v) is 11.4. The summed E-state index contributed by atoms with van der Waals surface area (Å²) in [5.41, 5.74) is 2.61. The third-order valence-electron chi connectivity index (χ3n) is 2.50. The first-order chi connectivity index (χ1) is 8.66. The van der Waals surface area contributed by atoms with Crippen molar-refractivity contribution in [2.75, 3.05) is 0 Å². The van der Waals surface area contributed by atoms with Crippen molar-refractivity contribution in [2.45, 2.75) is 11.9 Å². The van der Waals surface area contributed by atoms with Crippen molar-refractivity contribution >= 4 is 39.9 Å². The zero-order valence-corrected chi connectivity index (χ0v) is 13.3. The molecule has 0 heterocycles. The molecule has 2 aromatic carbocycles. The molecule has 0 aromatic heterocycles. The van der Waals surface area contributed by atoms with Crippen molar-refractivity contribution < 1.29 is 0 Å². The molecule has 0 spiro atoms. The second-order valence-electron chi connectivity index (χ2n) is 4.04. The van der Waals surface area contributed by atoms with Crippen LogP contribution in [-0.4, -0.2) is 0 Å². The van der Waals surface area contributed by atoms with E-state index in [0.29, 0.717) is 0 Å². The van der Waals surface area contributed by atoms with Gasteiger partial charge >= 0.3 is 0 Å². The molecular formula is C14H15PS3. The standard InChI is InChI=1S/C14H15PS3/c16-15(17,11-13-7-3-1-4-8-13)18-12-14-9-5-2-6-10-14/h1-10H,11-12H2,(H,16,17). The molecule has 0 aliphatic heterocycles. The van der Waals surface area contributed by atoms with E-state index in [0.717, 1.165) is 11.9 Å². The van der Waals surface area contributed by atoms with Crippen LogP contribution in [0.2, 0.25) is 0 Å². The third kappa shape index (κ3) is 4.81. The minimum absolute atomic E-state index is 0.907. The minimum Gasteiger partial charge on any atom is -0.131 e. The van der Waals surface area contributed by atoms with E-state index in [4.69, 9.17) is 24.1 Å². The highest BCUT2D eigenvalue weighted by Gasteiger charge is 2.13. The van der Waals surface area contributed by atoms with Crippen molar-refractivity contribution in [3.63, 3.8) is 0 Å². The third-order valence-corrected chi connectivity index (χ3v) is 8.92. The summed E-state index contributed by atoms with van der Waals surface area (Å²) in [6.07, 6.45) is 0.907. The smallest absolute Gasteiger partial charge is 0.0588 e. The number of rotatable bonds is 5. The Hall–Kier alpha value is -0.210. The fourth-order valence-corrected chi connectivity index (χ4v) is 6.62. The van der Waals surface area contributed by atoms with Crippen molar-refractivity contribution in [3.8, 4) is 0 Å². The molecule has 18 heavy (non-hydrogen) atoms. The Kier molecular flexibility index (Phi) is 5.38. The van der Waals surface area contributed by atoms with Gasteiger partial charge < -0.3 is 0 Å². The van der Waals surface area contributed by atoms with Gasteiger partial charge in [0, 0.05) is 11.9 Å². The van der Waals surface area contributed by atoms with E-state index in [-0.39, 0.29) is 0 Å². The molecular weight excluding hydrogens is 295 g/mol. The second kappa shape index (κ2) is 6.81. The average molecular weight is 310 g/mol. The molecule has 0 fully saturated rings. The lowest BCUT2D eigenvalue weighted by Crippen LogP contribution is -1.82. The molecule has 1 unspecified atom stereocenters. The maximum Gasteiger partial charge on any atom is 0.0588 e. The fraction of sp³-hybridized carbons (Fsp3) is 0.143. The van der Waals surface area contributed by atoms with Crippen molar-refractivity contribution in [2.24, 2.45) is 0 Å². The first-order valence-electron chi connectivity index (χ1n) is 5.70. The van der Waals surface area contributed by atoms with Crippen molar-refractivity contribution in [1.29, 1.82) is 0 Å². The summed E-state index contributed by atoms with van der Waals surface area (Å²) in [5.74, 6) is 0.953. The average Bonchev–Trinajstić information content (AvgIpc) is 2.38. The molecule has 0 saturated carbocycles. The van der Waals surface area contributed by atoms with Gasteiger partial charge in [0.25, 0.3) is 0 Å². The SMILES string of the molecule is S=P(S)(Cc1ccccc1)SCc1ccccc1. The van der Waals surface area contributed by atoms with Crippen LogP contribution in [0.3, 0.4) is 0 Å². The molecule has 0 aliphatic rings. The van der Waals surface area contributed by atoms with Crippen LogP contribution >= 0.6 is 28.1 Å². The molecule has 1 atom stereocenters. The van der Waals surface area contributed by atoms with Crippen LogP contribution in [0, 0.1) is 0 Å². The fourth-order valence-electron chi connectivity index (χ4n) is 1.61. The zero-order valence-electron chi connectivity index (χ0n) is 9.90. The molecule has 0 radical (unpaired) electrons. The first kappa shape index (κ1) is 14.2. The van der Waals surface area contributed by atoms with Crippen LogP contribution in [0.1, 0.15) is 11.1 Å². The van der Waals surface area contributed by atoms with Crippen LogP contribution < -0.4 is 0 Å². The van der Waals surface area contributed by atoms with Gasteiger partial charge in [0.2, 0.25) is 0 Å². The van der Waals surface area contributed by atoms with E-state index in [2.05, 4.69) is 48.5 Å². The predicted octanol–water partition coefficient (Wildman–Crippen LogP) is 5.36. The van der Waals surface area contributed by atoms with Gasteiger partial charge in [-0.1, -0.05) is 72.5 Å². The molecule has 0 aliphatic carbocycles. The van der Waals surface area contributed by atoms with E-state index in [9.17, 15) is 0 Å². The van der Waals surface area contributed by atoms with Crippen molar-refractivity contribution in [3.05, 3.63) is 71.8 Å². The maximum absolute atomic E-state index is 5.66. The summed E-state index contributed by atoms with van der Waals surface area (Å²) in [6.45, 7) is 0. The summed E-state index contributed by atoms with van der Waals surface area (Å²) in [6, 6.07) is 20.8. The lowest BCUT2D eigenvalue weighted by molar-refractivity contribution is 1.41.